The van der Waals surface area contributed by atoms with E-state index in [0.29, 0.717) is 38.8 Å². The monoisotopic (exact) mass is 552 g/mol. The zero-order chi connectivity index (χ0) is 29.5. The van der Waals surface area contributed by atoms with Crippen molar-refractivity contribution in [3.63, 3.8) is 0 Å². The highest BCUT2D eigenvalue weighted by Gasteiger charge is 2.25. The molecular formula is C31H25BN8O2. The Balaban J connectivity index is 1.52. The number of aromatic nitrogens is 6. The van der Waals surface area contributed by atoms with Crippen molar-refractivity contribution in [2.24, 2.45) is 7.05 Å². The Hall–Kier alpha value is -5.63. The van der Waals surface area contributed by atoms with Crippen molar-refractivity contribution in [2.45, 2.75) is 19.9 Å². The average molecular weight is 552 g/mol. The van der Waals surface area contributed by atoms with Gasteiger partial charge >= 0.3 is 0 Å². The molecule has 1 amide bonds. The summed E-state index contributed by atoms with van der Waals surface area (Å²) in [5, 5.41) is 12.3. The first-order valence-electron chi connectivity index (χ1n) is 13.2. The van der Waals surface area contributed by atoms with Gasteiger partial charge in [-0.1, -0.05) is 47.6 Å². The summed E-state index contributed by atoms with van der Waals surface area (Å²) in [5.41, 5.74) is 9.79. The number of nitrogens with one attached hydrogen (secondary N) is 1. The molecule has 1 atom stereocenters. The van der Waals surface area contributed by atoms with E-state index in [0.717, 1.165) is 11.3 Å². The van der Waals surface area contributed by atoms with Crippen molar-refractivity contribution in [1.82, 2.24) is 34.3 Å². The van der Waals surface area contributed by atoms with Crippen molar-refractivity contribution in [3.8, 4) is 17.5 Å². The van der Waals surface area contributed by atoms with Gasteiger partial charge in [-0.05, 0) is 43.5 Å². The number of para-hydroxylation sites is 1. The first kappa shape index (κ1) is 26.6. The summed E-state index contributed by atoms with van der Waals surface area (Å²) in [6.45, 7) is 3.69. The third-order valence-corrected chi connectivity index (χ3v) is 7.28. The predicted octanol–water partition coefficient (Wildman–Crippen LogP) is 2.34. The van der Waals surface area contributed by atoms with Crippen LogP contribution < -0.4 is 22.1 Å². The van der Waals surface area contributed by atoms with Crippen molar-refractivity contribution in [3.05, 3.63) is 112 Å². The van der Waals surface area contributed by atoms with Gasteiger partial charge < -0.3 is 11.1 Å². The van der Waals surface area contributed by atoms with Crippen LogP contribution in [0.3, 0.4) is 0 Å². The number of anilines is 1. The Morgan fingerprint density at radius 2 is 1.83 bits per heavy atom. The number of pyridine rings is 1. The molecule has 6 rings (SSSR count). The van der Waals surface area contributed by atoms with Gasteiger partial charge in [0.25, 0.3) is 11.5 Å². The molecule has 6 aromatic rings. The molecule has 0 saturated heterocycles. The molecule has 0 bridgehead atoms. The number of hydrogen-bond acceptors (Lipinski definition) is 6. The average Bonchev–Trinajstić information content (AvgIpc) is 3.50. The van der Waals surface area contributed by atoms with Crippen molar-refractivity contribution in [2.75, 3.05) is 5.73 Å². The smallest absolute Gasteiger partial charge is 0.264 e. The molecule has 0 aliphatic carbocycles. The first-order chi connectivity index (χ1) is 20.3. The van der Waals surface area contributed by atoms with E-state index in [4.69, 9.17) is 13.6 Å². The van der Waals surface area contributed by atoms with Gasteiger partial charge in [0.05, 0.1) is 28.9 Å². The summed E-state index contributed by atoms with van der Waals surface area (Å²) in [6, 6.07) is 15.5. The van der Waals surface area contributed by atoms with E-state index in [9.17, 15) is 9.59 Å². The van der Waals surface area contributed by atoms with Crippen molar-refractivity contribution in [1.29, 1.82) is 0 Å². The molecule has 0 unspecified atom stereocenters. The highest BCUT2D eigenvalue weighted by atomic mass is 16.2. The fraction of sp³-hybridized carbons (Fsp3) is 0.129. The zero-order valence-electron chi connectivity index (χ0n) is 23.2. The van der Waals surface area contributed by atoms with Crippen LogP contribution in [0.15, 0.2) is 78.0 Å². The number of carbonyl (C=O) groups is 1. The van der Waals surface area contributed by atoms with Gasteiger partial charge in [-0.15, -0.1) is 5.10 Å². The Kier molecular flexibility index (Phi) is 6.59. The van der Waals surface area contributed by atoms with Gasteiger partial charge in [0.1, 0.15) is 13.4 Å². The number of aryl methyl sites for hydroxylation is 1. The molecule has 10 nitrogen and oxygen atoms in total. The van der Waals surface area contributed by atoms with Crippen LogP contribution in [-0.4, -0.2) is 42.7 Å². The number of nitrogens with zero attached hydrogens (tertiary/aromatic N) is 6. The second-order valence-corrected chi connectivity index (χ2v) is 9.86. The SMILES string of the molecule is [B]c1c([C@H](C)NC(=O)c2c(N)nn3cccnc23)n(-c2ccccc2)c(=O)c2c(C#Cc3cnn(C)c3C)cccc12. The third-order valence-electron chi connectivity index (χ3n) is 7.28. The summed E-state index contributed by atoms with van der Waals surface area (Å²) in [6.07, 6.45) is 4.91. The highest BCUT2D eigenvalue weighted by molar-refractivity contribution is 6.40. The van der Waals surface area contributed by atoms with Crippen molar-refractivity contribution < 1.29 is 4.79 Å². The van der Waals surface area contributed by atoms with E-state index in [1.807, 2.05) is 50.4 Å². The number of amides is 1. The van der Waals surface area contributed by atoms with Gasteiger partial charge in [0.15, 0.2) is 11.5 Å². The quantitative estimate of drug-likeness (QED) is 0.256. The Labute approximate surface area is 242 Å². The summed E-state index contributed by atoms with van der Waals surface area (Å²) in [5.74, 6) is 5.84. The van der Waals surface area contributed by atoms with E-state index in [1.54, 1.807) is 48.4 Å². The van der Waals surface area contributed by atoms with Crippen LogP contribution in [0.4, 0.5) is 5.82 Å². The van der Waals surface area contributed by atoms with Crippen molar-refractivity contribution >= 4 is 41.5 Å². The van der Waals surface area contributed by atoms with Crippen LogP contribution in [0.25, 0.3) is 22.1 Å². The second kappa shape index (κ2) is 10.4. The number of fused-ring (bicyclic) bond motifs is 2. The van der Waals surface area contributed by atoms with Crippen LogP contribution in [0.1, 0.15) is 45.8 Å². The van der Waals surface area contributed by atoms with Gasteiger partial charge in [-0.3, -0.25) is 18.8 Å². The maximum atomic E-state index is 14.3. The van der Waals surface area contributed by atoms with E-state index >= 15 is 0 Å². The Morgan fingerprint density at radius 1 is 1.07 bits per heavy atom. The largest absolute Gasteiger partial charge is 0.381 e. The minimum absolute atomic E-state index is 0.0393. The van der Waals surface area contributed by atoms with Crippen LogP contribution in [-0.2, 0) is 7.05 Å². The van der Waals surface area contributed by atoms with Crippen LogP contribution in [0.2, 0.25) is 0 Å². The molecule has 0 aliphatic rings. The Bertz CT molecular complexity index is 2130. The lowest BCUT2D eigenvalue weighted by Crippen LogP contribution is -2.38. The van der Waals surface area contributed by atoms with Gasteiger partial charge in [-0.2, -0.15) is 5.10 Å². The summed E-state index contributed by atoms with van der Waals surface area (Å²) >= 11 is 0. The molecule has 0 spiro atoms. The van der Waals surface area contributed by atoms with Crippen LogP contribution in [0.5, 0.6) is 0 Å². The first-order valence-corrected chi connectivity index (χ1v) is 13.2. The lowest BCUT2D eigenvalue weighted by atomic mass is 9.85. The third kappa shape index (κ3) is 4.39. The number of benzene rings is 2. The van der Waals surface area contributed by atoms with Crippen LogP contribution in [0, 0.1) is 18.8 Å². The summed E-state index contributed by atoms with van der Waals surface area (Å²) in [4.78, 5) is 32.1. The second-order valence-electron chi connectivity index (χ2n) is 9.86. The minimum Gasteiger partial charge on any atom is -0.381 e. The van der Waals surface area contributed by atoms with Gasteiger partial charge in [0, 0.05) is 36.4 Å². The molecule has 42 heavy (non-hydrogen) atoms. The van der Waals surface area contributed by atoms with Gasteiger partial charge in [0.2, 0.25) is 0 Å². The fourth-order valence-corrected chi connectivity index (χ4v) is 5.07. The predicted molar refractivity (Wildman–Crippen MR) is 162 cm³/mol. The number of hydrogen-bond donors (Lipinski definition) is 2. The maximum absolute atomic E-state index is 14.3. The molecule has 2 radical (unpaired) electrons. The number of rotatable bonds is 4. The summed E-state index contributed by atoms with van der Waals surface area (Å²) in [7, 11) is 8.67. The molecule has 4 aromatic heterocycles. The number of nitrogens with two attached hydrogens (primary N) is 1. The van der Waals surface area contributed by atoms with E-state index < -0.39 is 11.9 Å². The molecule has 4 heterocycles. The molecule has 3 N–H and O–H groups in total. The maximum Gasteiger partial charge on any atom is 0.264 e. The molecule has 0 fully saturated rings. The molecular weight excluding hydrogens is 527 g/mol. The summed E-state index contributed by atoms with van der Waals surface area (Å²) < 4.78 is 4.71. The molecule has 0 saturated carbocycles. The zero-order valence-corrected chi connectivity index (χ0v) is 23.2. The lowest BCUT2D eigenvalue weighted by Gasteiger charge is -2.24. The normalized spacial score (nSPS) is 11.8. The van der Waals surface area contributed by atoms with Crippen LogP contribution >= 0.6 is 0 Å². The number of nitrogen functional groups attached to an aromatic ring is 1. The Morgan fingerprint density at radius 3 is 2.57 bits per heavy atom. The number of carbonyl (C=O) groups excluding carboxylic acids is 1. The molecule has 2 aromatic carbocycles. The molecule has 0 aliphatic heterocycles. The van der Waals surface area contributed by atoms with E-state index in [2.05, 4.69) is 32.3 Å². The minimum atomic E-state index is -0.708. The molecule has 204 valence electrons. The lowest BCUT2D eigenvalue weighted by molar-refractivity contribution is 0.0941. The van der Waals surface area contributed by atoms with E-state index in [1.165, 1.54) is 9.08 Å². The molecule has 11 heteroatoms. The standard InChI is InChI=1S/C31H25BN8O2/c1-18(36-30(41)25-28(33)37-39-16-8-15-34-29(25)39)27-26(32)23-12-7-9-20(13-14-21-17-35-38(3)19(21)2)24(23)31(42)40(27)22-10-5-4-6-11-22/h4-12,15-18H,1-3H3,(H2,33,37)(H,36,41)/t18-/m0/s1. The topological polar surface area (TPSA) is 125 Å². The van der Waals surface area contributed by atoms with Gasteiger partial charge in [-0.25, -0.2) is 9.50 Å². The fourth-order valence-electron chi connectivity index (χ4n) is 5.07. The van der Waals surface area contributed by atoms with E-state index in [-0.39, 0.29) is 16.9 Å². The highest BCUT2D eigenvalue weighted by Crippen LogP contribution is 2.23.